The van der Waals surface area contributed by atoms with Crippen LogP contribution in [0.15, 0.2) is 30.3 Å². The molecular formula is C15H18N2O. The second kappa shape index (κ2) is 4.94. The number of para-hydroxylation sites is 1. The van der Waals surface area contributed by atoms with E-state index >= 15 is 0 Å². The highest BCUT2D eigenvalue weighted by Crippen LogP contribution is 2.27. The van der Waals surface area contributed by atoms with Gasteiger partial charge in [-0.3, -0.25) is 0 Å². The number of hydrogen-bond donors (Lipinski definition) is 1. The van der Waals surface area contributed by atoms with Crippen LogP contribution < -0.4 is 10.1 Å². The minimum Gasteiger partial charge on any atom is -0.494 e. The minimum absolute atomic E-state index is 0.838. The molecule has 0 spiro atoms. The number of methoxy groups -OCH3 is 1. The number of rotatable bonds is 5. The van der Waals surface area contributed by atoms with Gasteiger partial charge < -0.3 is 10.1 Å². The Labute approximate surface area is 107 Å². The maximum absolute atomic E-state index is 5.35. The second-order valence-corrected chi connectivity index (χ2v) is 4.91. The lowest BCUT2D eigenvalue weighted by Crippen LogP contribution is -2.16. The van der Waals surface area contributed by atoms with Crippen molar-refractivity contribution in [1.29, 1.82) is 0 Å². The van der Waals surface area contributed by atoms with Crippen LogP contribution >= 0.6 is 0 Å². The first-order valence-corrected chi connectivity index (χ1v) is 6.50. The molecule has 94 valence electrons. The first-order chi connectivity index (χ1) is 8.86. The number of nitrogens with one attached hydrogen (secondary N) is 1. The van der Waals surface area contributed by atoms with Crippen LogP contribution in [0.5, 0.6) is 5.75 Å². The molecule has 0 bridgehead atoms. The third-order valence-corrected chi connectivity index (χ3v) is 3.40. The van der Waals surface area contributed by atoms with Crippen molar-refractivity contribution in [3.8, 4) is 5.75 Å². The summed E-state index contributed by atoms with van der Waals surface area (Å²) in [5, 5.41) is 4.59. The third kappa shape index (κ3) is 2.46. The molecule has 0 saturated heterocycles. The van der Waals surface area contributed by atoms with E-state index in [1.54, 1.807) is 7.11 Å². The number of fused-ring (bicyclic) bond motifs is 1. The Hall–Kier alpha value is -1.61. The van der Waals surface area contributed by atoms with Crippen molar-refractivity contribution in [3.05, 3.63) is 36.0 Å². The van der Waals surface area contributed by atoms with Crippen LogP contribution in [0.2, 0.25) is 0 Å². The van der Waals surface area contributed by atoms with Gasteiger partial charge >= 0.3 is 0 Å². The minimum atomic E-state index is 0.838. The largest absolute Gasteiger partial charge is 0.494 e. The smallest absolute Gasteiger partial charge is 0.145 e. The van der Waals surface area contributed by atoms with Crippen molar-refractivity contribution in [1.82, 2.24) is 10.3 Å². The molecule has 3 heteroatoms. The topological polar surface area (TPSA) is 34.1 Å². The highest BCUT2D eigenvalue weighted by Gasteiger charge is 2.20. The zero-order valence-electron chi connectivity index (χ0n) is 10.6. The average Bonchev–Trinajstić information content (AvgIpc) is 3.22. The fraction of sp³-hybridized carbons (Fsp3) is 0.400. The highest BCUT2D eigenvalue weighted by atomic mass is 16.5. The van der Waals surface area contributed by atoms with Gasteiger partial charge in [-0.15, -0.1) is 0 Å². The summed E-state index contributed by atoms with van der Waals surface area (Å²) < 4.78 is 5.35. The first kappa shape index (κ1) is 11.5. The zero-order valence-corrected chi connectivity index (χ0v) is 10.6. The lowest BCUT2D eigenvalue weighted by molar-refractivity contribution is 0.418. The van der Waals surface area contributed by atoms with Crippen LogP contribution in [0.1, 0.15) is 18.5 Å². The van der Waals surface area contributed by atoms with Crippen LogP contribution in [0.25, 0.3) is 10.9 Å². The van der Waals surface area contributed by atoms with Gasteiger partial charge in [0.15, 0.2) is 0 Å². The van der Waals surface area contributed by atoms with E-state index in [0.717, 1.165) is 41.4 Å². The van der Waals surface area contributed by atoms with E-state index < -0.39 is 0 Å². The highest BCUT2D eigenvalue weighted by molar-refractivity contribution is 5.84. The molecule has 1 fully saturated rings. The summed E-state index contributed by atoms with van der Waals surface area (Å²) in [7, 11) is 1.69. The molecule has 1 saturated carbocycles. The molecule has 3 rings (SSSR count). The van der Waals surface area contributed by atoms with E-state index in [0.29, 0.717) is 0 Å². The Bertz CT molecular complexity index is 549. The van der Waals surface area contributed by atoms with Crippen molar-refractivity contribution in [3.63, 3.8) is 0 Å². The molecule has 1 N–H and O–H groups in total. The lowest BCUT2D eigenvalue weighted by Gasteiger charge is -2.07. The molecular weight excluding hydrogens is 224 g/mol. The number of benzene rings is 1. The Morgan fingerprint density at radius 1 is 1.28 bits per heavy atom. The predicted molar refractivity (Wildman–Crippen MR) is 72.7 cm³/mol. The van der Waals surface area contributed by atoms with E-state index in [9.17, 15) is 0 Å². The molecule has 1 aliphatic carbocycles. The number of nitrogens with zero attached hydrogens (tertiary/aromatic N) is 1. The Morgan fingerprint density at radius 2 is 2.17 bits per heavy atom. The van der Waals surface area contributed by atoms with Crippen molar-refractivity contribution in [2.45, 2.75) is 19.4 Å². The van der Waals surface area contributed by atoms with E-state index in [1.165, 1.54) is 12.8 Å². The van der Waals surface area contributed by atoms with Gasteiger partial charge in [0.05, 0.1) is 12.8 Å². The van der Waals surface area contributed by atoms with Gasteiger partial charge in [0.25, 0.3) is 0 Å². The summed E-state index contributed by atoms with van der Waals surface area (Å²) in [6.07, 6.45) is 2.76. The van der Waals surface area contributed by atoms with Crippen molar-refractivity contribution in [2.75, 3.05) is 13.7 Å². The normalized spacial score (nSPS) is 14.9. The van der Waals surface area contributed by atoms with Crippen molar-refractivity contribution < 1.29 is 4.74 Å². The fourth-order valence-electron chi connectivity index (χ4n) is 2.15. The van der Waals surface area contributed by atoms with Gasteiger partial charge in [-0.1, -0.05) is 18.2 Å². The molecule has 1 aromatic carbocycles. The molecule has 0 atom stereocenters. The van der Waals surface area contributed by atoms with E-state index in [1.807, 2.05) is 12.1 Å². The van der Waals surface area contributed by atoms with Gasteiger partial charge in [-0.05, 0) is 37.4 Å². The maximum Gasteiger partial charge on any atom is 0.145 e. The molecule has 3 nitrogen and oxygen atoms in total. The lowest BCUT2D eigenvalue weighted by atomic mass is 10.2. The van der Waals surface area contributed by atoms with Crippen LogP contribution in [0, 0.1) is 5.92 Å². The molecule has 0 aliphatic heterocycles. The number of ether oxygens (including phenoxy) is 1. The predicted octanol–water partition coefficient (Wildman–Crippen LogP) is 2.74. The van der Waals surface area contributed by atoms with Gasteiger partial charge in [-0.2, -0.15) is 0 Å². The van der Waals surface area contributed by atoms with Crippen LogP contribution in [-0.4, -0.2) is 18.6 Å². The summed E-state index contributed by atoms with van der Waals surface area (Å²) in [5.41, 5.74) is 2.03. The van der Waals surface area contributed by atoms with Crippen LogP contribution in [0.4, 0.5) is 0 Å². The maximum atomic E-state index is 5.35. The Balaban J connectivity index is 1.79. The molecule has 18 heavy (non-hydrogen) atoms. The molecule has 1 aliphatic rings. The van der Waals surface area contributed by atoms with Crippen molar-refractivity contribution in [2.24, 2.45) is 5.92 Å². The number of aromatic nitrogens is 1. The summed E-state index contributed by atoms with van der Waals surface area (Å²) in [5.74, 6) is 1.75. The van der Waals surface area contributed by atoms with Crippen LogP contribution in [0.3, 0.4) is 0 Å². The Morgan fingerprint density at radius 3 is 2.94 bits per heavy atom. The molecule has 0 amide bonds. The second-order valence-electron chi connectivity index (χ2n) is 4.91. The van der Waals surface area contributed by atoms with E-state index in [-0.39, 0.29) is 0 Å². The van der Waals surface area contributed by atoms with Gasteiger partial charge in [0.1, 0.15) is 11.3 Å². The molecule has 0 unspecified atom stereocenters. The summed E-state index contributed by atoms with van der Waals surface area (Å²) >= 11 is 0. The molecule has 1 heterocycles. The van der Waals surface area contributed by atoms with Gasteiger partial charge in [0, 0.05) is 11.9 Å². The third-order valence-electron chi connectivity index (χ3n) is 3.40. The Kier molecular flexibility index (Phi) is 3.15. The first-order valence-electron chi connectivity index (χ1n) is 6.50. The van der Waals surface area contributed by atoms with E-state index in [4.69, 9.17) is 4.74 Å². The number of hydrogen-bond acceptors (Lipinski definition) is 3. The van der Waals surface area contributed by atoms with Crippen molar-refractivity contribution >= 4 is 10.9 Å². The SMILES string of the molecule is COc1cccc2ccc(CNCC3CC3)nc12. The quantitative estimate of drug-likeness (QED) is 0.875. The molecule has 2 aromatic rings. The molecule has 1 aromatic heterocycles. The summed E-state index contributed by atoms with van der Waals surface area (Å²) in [6.45, 7) is 1.95. The fourth-order valence-corrected chi connectivity index (χ4v) is 2.15. The summed E-state index contributed by atoms with van der Waals surface area (Å²) in [6, 6.07) is 10.2. The standard InChI is InChI=1S/C15H18N2O/c1-18-14-4-2-3-12-7-8-13(17-15(12)14)10-16-9-11-5-6-11/h2-4,7-8,11,16H,5-6,9-10H2,1H3. The van der Waals surface area contributed by atoms with Gasteiger partial charge in [0.2, 0.25) is 0 Å². The number of pyridine rings is 1. The van der Waals surface area contributed by atoms with E-state index in [2.05, 4.69) is 28.5 Å². The summed E-state index contributed by atoms with van der Waals surface area (Å²) in [4.78, 5) is 4.68. The van der Waals surface area contributed by atoms with Crippen LogP contribution in [-0.2, 0) is 6.54 Å². The average molecular weight is 242 g/mol. The molecule has 0 radical (unpaired) electrons. The monoisotopic (exact) mass is 242 g/mol. The zero-order chi connectivity index (χ0) is 12.4. The van der Waals surface area contributed by atoms with Gasteiger partial charge in [-0.25, -0.2) is 4.98 Å².